The molecule has 0 atom stereocenters. The molecule has 2 heterocycles. The van der Waals surface area contributed by atoms with Crippen molar-refractivity contribution in [1.82, 2.24) is 15.0 Å². The molecule has 18 heavy (non-hydrogen) atoms. The van der Waals surface area contributed by atoms with Gasteiger partial charge in [0.2, 0.25) is 0 Å². The van der Waals surface area contributed by atoms with Gasteiger partial charge < -0.3 is 5.32 Å². The molecule has 2 rings (SSSR count). The second-order valence-electron chi connectivity index (χ2n) is 3.15. The number of hydrogen-bond acceptors (Lipinski definition) is 4. The number of rotatable bonds is 2. The summed E-state index contributed by atoms with van der Waals surface area (Å²) in [6.07, 6.45) is 3.05. The standard InChI is InChI=1S/C10H5Br3N4O/c11-6-3-5(1-2-14-6)10(18)17-9-8(13)16-7(12)4-15-9/h1-4H,(H,15,17,18). The lowest BCUT2D eigenvalue weighted by molar-refractivity contribution is 0.102. The van der Waals surface area contributed by atoms with E-state index in [0.717, 1.165) is 0 Å². The van der Waals surface area contributed by atoms with Crippen molar-refractivity contribution >= 4 is 59.5 Å². The molecular weight excluding hydrogens is 432 g/mol. The van der Waals surface area contributed by atoms with Gasteiger partial charge in [0, 0.05) is 11.8 Å². The number of carbonyl (C=O) groups excluding carboxylic acids is 1. The van der Waals surface area contributed by atoms with E-state index in [1.54, 1.807) is 18.3 Å². The fourth-order valence-corrected chi connectivity index (χ4v) is 2.43. The van der Waals surface area contributed by atoms with Crippen LogP contribution in [0.1, 0.15) is 10.4 Å². The molecule has 1 amide bonds. The van der Waals surface area contributed by atoms with E-state index in [-0.39, 0.29) is 5.91 Å². The molecular formula is C10H5Br3N4O. The van der Waals surface area contributed by atoms with Crippen LogP contribution in [0.4, 0.5) is 5.82 Å². The summed E-state index contributed by atoms with van der Waals surface area (Å²) < 4.78 is 1.63. The maximum Gasteiger partial charge on any atom is 0.257 e. The molecule has 92 valence electrons. The van der Waals surface area contributed by atoms with E-state index in [1.807, 2.05) is 0 Å². The van der Waals surface area contributed by atoms with Crippen molar-refractivity contribution in [2.24, 2.45) is 0 Å². The highest BCUT2D eigenvalue weighted by Gasteiger charge is 2.11. The van der Waals surface area contributed by atoms with Crippen LogP contribution in [-0.4, -0.2) is 20.9 Å². The molecule has 1 N–H and O–H groups in total. The Kier molecular flexibility index (Phi) is 4.41. The summed E-state index contributed by atoms with van der Waals surface area (Å²) >= 11 is 9.61. The van der Waals surface area contributed by atoms with Crippen LogP contribution in [0.3, 0.4) is 0 Å². The third-order valence-electron chi connectivity index (χ3n) is 1.92. The molecule has 0 saturated heterocycles. The minimum Gasteiger partial charge on any atom is -0.304 e. The molecule has 2 aromatic heterocycles. The molecule has 0 spiro atoms. The smallest absolute Gasteiger partial charge is 0.257 e. The van der Waals surface area contributed by atoms with Crippen LogP contribution in [-0.2, 0) is 0 Å². The van der Waals surface area contributed by atoms with E-state index in [9.17, 15) is 4.79 Å². The molecule has 0 saturated carbocycles. The van der Waals surface area contributed by atoms with Crippen LogP contribution in [0.5, 0.6) is 0 Å². The van der Waals surface area contributed by atoms with E-state index in [1.165, 1.54) is 6.20 Å². The predicted octanol–water partition coefficient (Wildman–Crippen LogP) is 3.41. The van der Waals surface area contributed by atoms with Crippen molar-refractivity contribution in [2.45, 2.75) is 0 Å². The van der Waals surface area contributed by atoms with E-state index in [4.69, 9.17) is 0 Å². The molecule has 0 aliphatic carbocycles. The normalized spacial score (nSPS) is 10.2. The van der Waals surface area contributed by atoms with Gasteiger partial charge in [0.15, 0.2) is 5.82 Å². The average molecular weight is 437 g/mol. The first-order valence-electron chi connectivity index (χ1n) is 4.67. The number of nitrogens with zero attached hydrogens (tertiary/aromatic N) is 3. The monoisotopic (exact) mass is 434 g/mol. The lowest BCUT2D eigenvalue weighted by Crippen LogP contribution is -2.14. The summed E-state index contributed by atoms with van der Waals surface area (Å²) in [7, 11) is 0. The van der Waals surface area contributed by atoms with Gasteiger partial charge in [-0.05, 0) is 59.9 Å². The SMILES string of the molecule is O=C(Nc1ncc(Br)nc1Br)c1ccnc(Br)c1. The molecule has 5 nitrogen and oxygen atoms in total. The Balaban J connectivity index is 2.21. The van der Waals surface area contributed by atoms with Crippen molar-refractivity contribution in [3.05, 3.63) is 43.9 Å². The van der Waals surface area contributed by atoms with Gasteiger partial charge in [0.25, 0.3) is 5.91 Å². The lowest BCUT2D eigenvalue weighted by atomic mass is 10.2. The number of halogens is 3. The molecule has 0 aliphatic rings. The number of aromatic nitrogens is 3. The van der Waals surface area contributed by atoms with Crippen LogP contribution >= 0.6 is 47.8 Å². The Labute approximate surface area is 128 Å². The van der Waals surface area contributed by atoms with E-state index < -0.39 is 0 Å². The van der Waals surface area contributed by atoms with Crippen molar-refractivity contribution in [2.75, 3.05) is 5.32 Å². The first-order valence-corrected chi connectivity index (χ1v) is 7.05. The Bertz CT molecular complexity index is 605. The molecule has 0 unspecified atom stereocenters. The van der Waals surface area contributed by atoms with Gasteiger partial charge >= 0.3 is 0 Å². The van der Waals surface area contributed by atoms with Crippen LogP contribution < -0.4 is 5.32 Å². The zero-order valence-corrected chi connectivity index (χ0v) is 13.5. The average Bonchev–Trinajstić information content (AvgIpc) is 2.32. The van der Waals surface area contributed by atoms with Crippen LogP contribution in [0.25, 0.3) is 0 Å². The van der Waals surface area contributed by atoms with Crippen LogP contribution in [0.15, 0.2) is 38.3 Å². The van der Waals surface area contributed by atoms with E-state index >= 15 is 0 Å². The summed E-state index contributed by atoms with van der Waals surface area (Å²) in [5.41, 5.74) is 0.480. The number of pyridine rings is 1. The van der Waals surface area contributed by atoms with Crippen molar-refractivity contribution in [1.29, 1.82) is 0 Å². The minimum absolute atomic E-state index is 0.282. The van der Waals surface area contributed by atoms with Gasteiger partial charge in [0.05, 0.1) is 6.20 Å². The fraction of sp³-hybridized carbons (Fsp3) is 0. The van der Waals surface area contributed by atoms with Crippen molar-refractivity contribution < 1.29 is 4.79 Å². The zero-order chi connectivity index (χ0) is 13.1. The maximum atomic E-state index is 11.9. The Morgan fingerprint density at radius 1 is 1.17 bits per heavy atom. The summed E-state index contributed by atoms with van der Waals surface area (Å²) in [6.45, 7) is 0. The first kappa shape index (κ1) is 13.6. The topological polar surface area (TPSA) is 67.8 Å². The first-order chi connectivity index (χ1) is 8.56. The lowest BCUT2D eigenvalue weighted by Gasteiger charge is -2.06. The molecule has 0 radical (unpaired) electrons. The number of hydrogen-bond donors (Lipinski definition) is 1. The zero-order valence-electron chi connectivity index (χ0n) is 8.69. The third-order valence-corrected chi connectivity index (χ3v) is 3.29. The maximum absolute atomic E-state index is 11.9. The Hall–Kier alpha value is -0.860. The number of amides is 1. The van der Waals surface area contributed by atoms with E-state index in [0.29, 0.717) is 25.2 Å². The minimum atomic E-state index is -0.282. The second kappa shape index (κ2) is 5.85. The number of carbonyl (C=O) groups is 1. The Morgan fingerprint density at radius 3 is 2.61 bits per heavy atom. The molecule has 0 aromatic carbocycles. The Morgan fingerprint density at radius 2 is 1.94 bits per heavy atom. The van der Waals surface area contributed by atoms with Crippen molar-refractivity contribution in [3.63, 3.8) is 0 Å². The molecule has 8 heteroatoms. The van der Waals surface area contributed by atoms with Gasteiger partial charge in [-0.2, -0.15) is 0 Å². The summed E-state index contributed by atoms with van der Waals surface area (Å²) in [4.78, 5) is 24.0. The molecule has 0 bridgehead atoms. The van der Waals surface area contributed by atoms with Crippen molar-refractivity contribution in [3.8, 4) is 0 Å². The highest BCUT2D eigenvalue weighted by molar-refractivity contribution is 9.11. The van der Waals surface area contributed by atoms with Crippen LogP contribution in [0, 0.1) is 0 Å². The second-order valence-corrected chi connectivity index (χ2v) is 5.53. The van der Waals surface area contributed by atoms with Gasteiger partial charge in [-0.15, -0.1) is 0 Å². The summed E-state index contributed by atoms with van der Waals surface area (Å²) in [6, 6.07) is 3.23. The third kappa shape index (κ3) is 3.33. The van der Waals surface area contributed by atoms with Gasteiger partial charge in [-0.3, -0.25) is 4.79 Å². The van der Waals surface area contributed by atoms with E-state index in [2.05, 4.69) is 68.1 Å². The number of nitrogens with one attached hydrogen (secondary N) is 1. The fourth-order valence-electron chi connectivity index (χ4n) is 1.15. The summed E-state index contributed by atoms with van der Waals surface area (Å²) in [5, 5.41) is 2.65. The number of anilines is 1. The molecule has 0 fully saturated rings. The van der Waals surface area contributed by atoms with Crippen LogP contribution in [0.2, 0.25) is 0 Å². The molecule has 2 aromatic rings. The van der Waals surface area contributed by atoms with Gasteiger partial charge in [-0.25, -0.2) is 15.0 Å². The quantitative estimate of drug-likeness (QED) is 0.732. The highest BCUT2D eigenvalue weighted by atomic mass is 79.9. The highest BCUT2D eigenvalue weighted by Crippen LogP contribution is 2.20. The predicted molar refractivity (Wildman–Crippen MR) is 77.3 cm³/mol. The largest absolute Gasteiger partial charge is 0.304 e. The summed E-state index contributed by atoms with van der Waals surface area (Å²) in [5.74, 6) is 0.0755. The van der Waals surface area contributed by atoms with Gasteiger partial charge in [0.1, 0.15) is 13.8 Å². The molecule has 0 aliphatic heterocycles. The van der Waals surface area contributed by atoms with Gasteiger partial charge in [-0.1, -0.05) is 0 Å².